The molecule has 0 N–H and O–H groups in total. The molecule has 0 aliphatic rings. The first-order valence-electron chi connectivity index (χ1n) is 6.21. The van der Waals surface area contributed by atoms with Crippen LogP contribution < -0.4 is 4.74 Å². The average molecular weight is 398 g/mol. The fraction of sp³-hybridized carbons (Fsp3) is 0.188. The zero-order chi connectivity index (χ0) is 14.4. The van der Waals surface area contributed by atoms with E-state index in [2.05, 4.69) is 31.9 Å². The zero-order valence-corrected chi connectivity index (χ0v) is 13.9. The van der Waals surface area contributed by atoms with Crippen molar-refractivity contribution >= 4 is 37.6 Å². The summed E-state index contributed by atoms with van der Waals surface area (Å²) < 4.78 is 5.68. The molecule has 0 saturated heterocycles. The molecule has 0 aliphatic heterocycles. The Bertz CT molecular complexity index is 552. The van der Waals surface area contributed by atoms with E-state index in [1.54, 1.807) is 12.1 Å². The monoisotopic (exact) mass is 396 g/mol. The third-order valence-corrected chi connectivity index (χ3v) is 5.06. The van der Waals surface area contributed by atoms with Gasteiger partial charge in [0.25, 0.3) is 0 Å². The maximum atomic E-state index is 11.9. The van der Waals surface area contributed by atoms with E-state index in [-0.39, 0.29) is 10.6 Å². The number of benzene rings is 2. The molecule has 0 heterocycles. The van der Waals surface area contributed by atoms with Crippen LogP contribution in [0.3, 0.4) is 0 Å². The van der Waals surface area contributed by atoms with Gasteiger partial charge in [0.1, 0.15) is 12.4 Å². The van der Waals surface area contributed by atoms with Crippen molar-refractivity contribution in [1.29, 1.82) is 0 Å². The number of hydrogen-bond acceptors (Lipinski definition) is 2. The van der Waals surface area contributed by atoms with Gasteiger partial charge in [-0.2, -0.15) is 0 Å². The lowest BCUT2D eigenvalue weighted by Gasteiger charge is -2.08. The van der Waals surface area contributed by atoms with E-state index in [0.29, 0.717) is 17.5 Å². The highest BCUT2D eigenvalue weighted by atomic mass is 79.9. The average Bonchev–Trinajstić information content (AvgIpc) is 2.53. The van der Waals surface area contributed by atoms with Crippen molar-refractivity contribution in [3.63, 3.8) is 0 Å². The Morgan fingerprint density at radius 2 is 1.70 bits per heavy atom. The standard InChI is InChI=1S/C16H14Br2O2/c17-10-15(18)16(19)13-6-8-14(9-7-13)20-11-12-4-2-1-3-5-12/h1-9,15H,10-11H2. The second-order valence-electron chi connectivity index (χ2n) is 4.28. The van der Waals surface area contributed by atoms with Gasteiger partial charge in [-0.15, -0.1) is 0 Å². The van der Waals surface area contributed by atoms with Crippen LogP contribution in [0.5, 0.6) is 5.75 Å². The van der Waals surface area contributed by atoms with E-state index >= 15 is 0 Å². The summed E-state index contributed by atoms with van der Waals surface area (Å²) >= 11 is 6.62. The molecule has 0 aromatic heterocycles. The molecule has 0 aliphatic carbocycles. The van der Waals surface area contributed by atoms with Gasteiger partial charge in [-0.1, -0.05) is 62.2 Å². The van der Waals surface area contributed by atoms with E-state index in [4.69, 9.17) is 4.74 Å². The lowest BCUT2D eigenvalue weighted by Crippen LogP contribution is -2.15. The first-order valence-corrected chi connectivity index (χ1v) is 8.25. The van der Waals surface area contributed by atoms with Gasteiger partial charge in [0.15, 0.2) is 5.78 Å². The van der Waals surface area contributed by atoms with Gasteiger partial charge in [0, 0.05) is 10.9 Å². The smallest absolute Gasteiger partial charge is 0.177 e. The summed E-state index contributed by atoms with van der Waals surface area (Å²) in [5.41, 5.74) is 1.80. The van der Waals surface area contributed by atoms with Crippen LogP contribution in [0.4, 0.5) is 0 Å². The SMILES string of the molecule is O=C(c1ccc(OCc2ccccc2)cc1)C(Br)CBr. The van der Waals surface area contributed by atoms with E-state index in [1.165, 1.54) is 0 Å². The summed E-state index contributed by atoms with van der Waals surface area (Å²) in [6.07, 6.45) is 0. The number of carbonyl (C=O) groups excluding carboxylic acids is 1. The number of carbonyl (C=O) groups is 1. The van der Waals surface area contributed by atoms with Gasteiger partial charge in [0.05, 0.1) is 4.83 Å². The molecule has 0 fully saturated rings. The largest absolute Gasteiger partial charge is 0.489 e. The minimum absolute atomic E-state index is 0.0662. The highest BCUT2D eigenvalue weighted by Gasteiger charge is 2.15. The minimum atomic E-state index is -0.196. The predicted octanol–water partition coefficient (Wildman–Crippen LogP) is 4.61. The molecule has 0 bridgehead atoms. The Morgan fingerprint density at radius 3 is 2.30 bits per heavy atom. The van der Waals surface area contributed by atoms with Crippen LogP contribution in [0.25, 0.3) is 0 Å². The summed E-state index contributed by atoms with van der Waals surface area (Å²) in [6.45, 7) is 0.524. The van der Waals surface area contributed by atoms with Crippen LogP contribution in [0.1, 0.15) is 15.9 Å². The maximum absolute atomic E-state index is 11.9. The quantitative estimate of drug-likeness (QED) is 0.525. The number of ether oxygens (including phenoxy) is 1. The highest BCUT2D eigenvalue weighted by Crippen LogP contribution is 2.17. The molecule has 104 valence electrons. The first-order chi connectivity index (χ1) is 9.70. The molecule has 20 heavy (non-hydrogen) atoms. The molecule has 1 unspecified atom stereocenters. The van der Waals surface area contributed by atoms with Crippen LogP contribution >= 0.6 is 31.9 Å². The van der Waals surface area contributed by atoms with Gasteiger partial charge < -0.3 is 4.74 Å². The second kappa shape index (κ2) is 7.60. The highest BCUT2D eigenvalue weighted by molar-refractivity contribution is 9.12. The Labute approximate surface area is 135 Å². The number of Topliss-reactive ketones (excluding diaryl/α,β-unsaturated/α-hetero) is 1. The van der Waals surface area contributed by atoms with E-state index in [9.17, 15) is 4.79 Å². The van der Waals surface area contributed by atoms with E-state index in [0.717, 1.165) is 11.3 Å². The van der Waals surface area contributed by atoms with Crippen LogP contribution in [-0.4, -0.2) is 15.9 Å². The maximum Gasteiger partial charge on any atom is 0.177 e. The lowest BCUT2D eigenvalue weighted by molar-refractivity contribution is 0.0997. The number of alkyl halides is 2. The normalized spacial score (nSPS) is 11.9. The summed E-state index contributed by atoms with van der Waals surface area (Å²) in [7, 11) is 0. The Hall–Kier alpha value is -1.13. The predicted molar refractivity (Wildman–Crippen MR) is 88.1 cm³/mol. The van der Waals surface area contributed by atoms with Crippen molar-refractivity contribution in [3.05, 3.63) is 65.7 Å². The van der Waals surface area contributed by atoms with E-state index < -0.39 is 0 Å². The fourth-order valence-electron chi connectivity index (χ4n) is 1.71. The van der Waals surface area contributed by atoms with Crippen molar-refractivity contribution in [2.75, 3.05) is 5.33 Å². The van der Waals surface area contributed by atoms with Crippen molar-refractivity contribution in [3.8, 4) is 5.75 Å². The molecule has 4 heteroatoms. The van der Waals surface area contributed by atoms with Crippen LogP contribution in [0.15, 0.2) is 54.6 Å². The molecule has 0 spiro atoms. The molecule has 1 atom stereocenters. The van der Waals surface area contributed by atoms with Gasteiger partial charge in [-0.05, 0) is 29.8 Å². The molecule has 2 nitrogen and oxygen atoms in total. The molecule has 0 radical (unpaired) electrons. The molecule has 0 saturated carbocycles. The summed E-state index contributed by atoms with van der Waals surface area (Å²) in [6, 6.07) is 17.2. The second-order valence-corrected chi connectivity index (χ2v) is 6.04. The Balaban J connectivity index is 1.96. The van der Waals surface area contributed by atoms with Crippen LogP contribution in [-0.2, 0) is 6.61 Å². The van der Waals surface area contributed by atoms with Crippen LogP contribution in [0.2, 0.25) is 0 Å². The Morgan fingerprint density at radius 1 is 1.05 bits per heavy atom. The molecular formula is C16H14Br2O2. The number of hydrogen-bond donors (Lipinski definition) is 0. The fourth-order valence-corrected chi connectivity index (χ4v) is 2.27. The summed E-state index contributed by atoms with van der Waals surface area (Å²) in [5, 5.41) is 0.595. The third-order valence-electron chi connectivity index (χ3n) is 2.81. The van der Waals surface area contributed by atoms with Crippen molar-refractivity contribution in [1.82, 2.24) is 0 Å². The van der Waals surface area contributed by atoms with Crippen molar-refractivity contribution in [2.45, 2.75) is 11.4 Å². The molecule has 0 amide bonds. The topological polar surface area (TPSA) is 26.3 Å². The molecule has 2 aromatic rings. The lowest BCUT2D eigenvalue weighted by atomic mass is 10.1. The zero-order valence-electron chi connectivity index (χ0n) is 10.8. The van der Waals surface area contributed by atoms with Gasteiger partial charge in [-0.25, -0.2) is 0 Å². The molecule has 2 aromatic carbocycles. The summed E-state index contributed by atoms with van der Waals surface area (Å²) in [5.74, 6) is 0.826. The summed E-state index contributed by atoms with van der Waals surface area (Å²) in [4.78, 5) is 11.8. The van der Waals surface area contributed by atoms with Gasteiger partial charge in [-0.3, -0.25) is 4.79 Å². The van der Waals surface area contributed by atoms with Crippen molar-refractivity contribution < 1.29 is 9.53 Å². The van der Waals surface area contributed by atoms with Crippen LogP contribution in [0, 0.1) is 0 Å². The molecule has 2 rings (SSSR count). The molecular weight excluding hydrogens is 384 g/mol. The van der Waals surface area contributed by atoms with Gasteiger partial charge >= 0.3 is 0 Å². The number of ketones is 1. The number of rotatable bonds is 6. The van der Waals surface area contributed by atoms with E-state index in [1.807, 2.05) is 42.5 Å². The number of halogens is 2. The Kier molecular flexibility index (Phi) is 5.80. The van der Waals surface area contributed by atoms with Crippen molar-refractivity contribution in [2.24, 2.45) is 0 Å². The van der Waals surface area contributed by atoms with Gasteiger partial charge in [0.2, 0.25) is 0 Å². The third kappa shape index (κ3) is 4.18. The minimum Gasteiger partial charge on any atom is -0.489 e. The first kappa shape index (κ1) is 15.3.